The van der Waals surface area contributed by atoms with Crippen LogP contribution in [-0.4, -0.2) is 14.3 Å². The lowest BCUT2D eigenvalue weighted by atomic mass is 10.3. The molecule has 14 heavy (non-hydrogen) atoms. The highest BCUT2D eigenvalue weighted by Crippen LogP contribution is 2.15. The van der Waals surface area contributed by atoms with E-state index in [9.17, 15) is 0 Å². The zero-order chi connectivity index (χ0) is 9.97. The minimum atomic E-state index is 0.880. The first kappa shape index (κ1) is 9.73. The quantitative estimate of drug-likeness (QED) is 0.805. The molecule has 0 bridgehead atoms. The molecule has 0 aliphatic carbocycles. The van der Waals surface area contributed by atoms with E-state index in [0.29, 0.717) is 0 Å². The Kier molecular flexibility index (Phi) is 2.88. The largest absolute Gasteiger partial charge is 0.250 e. The number of nitrogens with zero attached hydrogens (tertiary/aromatic N) is 3. The summed E-state index contributed by atoms with van der Waals surface area (Å²) >= 11 is 3.26. The maximum absolute atomic E-state index is 4.32. The molecule has 74 valence electrons. The number of aromatic nitrogens is 3. The van der Waals surface area contributed by atoms with E-state index in [1.165, 1.54) is 16.4 Å². The summed E-state index contributed by atoms with van der Waals surface area (Å²) in [5, 5.41) is 2.25. The summed E-state index contributed by atoms with van der Waals surface area (Å²) in [6.07, 6.45) is 3.96. The average Bonchev–Trinajstić information content (AvgIpc) is 2.72. The van der Waals surface area contributed by atoms with Gasteiger partial charge < -0.3 is 0 Å². The van der Waals surface area contributed by atoms with Gasteiger partial charge in [-0.3, -0.25) is 0 Å². The zero-order valence-electron chi connectivity index (χ0n) is 8.15. The number of thiazole rings is 1. The van der Waals surface area contributed by atoms with Crippen LogP contribution in [0.5, 0.6) is 0 Å². The Morgan fingerprint density at radius 2 is 2.14 bits per heavy atom. The molecule has 2 rings (SSSR count). The van der Waals surface area contributed by atoms with Crippen molar-refractivity contribution < 1.29 is 0 Å². The molecule has 0 aliphatic heterocycles. The van der Waals surface area contributed by atoms with Crippen LogP contribution in [0.15, 0.2) is 6.20 Å². The first-order valence-corrected chi connectivity index (χ1v) is 6.03. The van der Waals surface area contributed by atoms with Crippen molar-refractivity contribution in [3.05, 3.63) is 26.9 Å². The molecule has 2 heterocycles. The highest BCUT2D eigenvalue weighted by atomic mass is 32.1. The van der Waals surface area contributed by atoms with E-state index in [2.05, 4.69) is 14.3 Å². The second-order valence-corrected chi connectivity index (χ2v) is 5.24. The third-order valence-corrected chi connectivity index (χ3v) is 3.66. The third-order valence-electron chi connectivity index (χ3n) is 1.82. The summed E-state index contributed by atoms with van der Waals surface area (Å²) < 4.78 is 4.15. The smallest absolute Gasteiger partial charge is 0.139 e. The summed E-state index contributed by atoms with van der Waals surface area (Å²) in [4.78, 5) is 9.87. The Labute approximate surface area is 91.0 Å². The van der Waals surface area contributed by atoms with Gasteiger partial charge in [-0.15, -0.1) is 11.3 Å². The monoisotopic (exact) mass is 225 g/mol. The van der Waals surface area contributed by atoms with Gasteiger partial charge in [0.15, 0.2) is 0 Å². The molecule has 0 unspecified atom stereocenters. The highest BCUT2D eigenvalue weighted by molar-refractivity contribution is 7.11. The van der Waals surface area contributed by atoms with Gasteiger partial charge in [0.05, 0.1) is 5.01 Å². The van der Waals surface area contributed by atoms with Gasteiger partial charge in [0.25, 0.3) is 0 Å². The van der Waals surface area contributed by atoms with Crippen LogP contribution in [-0.2, 0) is 12.8 Å². The minimum Gasteiger partial charge on any atom is -0.250 e. The molecule has 2 aromatic rings. The lowest BCUT2D eigenvalue weighted by molar-refractivity contribution is 0.945. The van der Waals surface area contributed by atoms with E-state index >= 15 is 0 Å². The Morgan fingerprint density at radius 1 is 1.29 bits per heavy atom. The van der Waals surface area contributed by atoms with Crippen molar-refractivity contribution in [3.63, 3.8) is 0 Å². The first-order valence-electron chi connectivity index (χ1n) is 4.44. The van der Waals surface area contributed by atoms with E-state index in [1.807, 2.05) is 20.0 Å². The second-order valence-electron chi connectivity index (χ2n) is 3.08. The van der Waals surface area contributed by atoms with Crippen LogP contribution in [0.1, 0.15) is 20.7 Å². The van der Waals surface area contributed by atoms with Gasteiger partial charge in [-0.05, 0) is 31.8 Å². The van der Waals surface area contributed by atoms with Gasteiger partial charge in [0.2, 0.25) is 0 Å². The average molecular weight is 225 g/mol. The maximum Gasteiger partial charge on any atom is 0.139 e. The molecule has 0 fully saturated rings. The molecule has 0 saturated heterocycles. The molecule has 0 aromatic carbocycles. The standard InChI is InChI=1S/C9H11N3S2/c1-6-11-9(14-12-6)4-3-8-5-10-7(2)13-8/h5H,3-4H2,1-2H3. The zero-order valence-corrected chi connectivity index (χ0v) is 9.78. The predicted molar refractivity (Wildman–Crippen MR) is 58.9 cm³/mol. The molecule has 3 nitrogen and oxygen atoms in total. The second kappa shape index (κ2) is 4.14. The van der Waals surface area contributed by atoms with Crippen LogP contribution in [0.3, 0.4) is 0 Å². The van der Waals surface area contributed by atoms with Gasteiger partial charge in [0, 0.05) is 17.5 Å². The van der Waals surface area contributed by atoms with E-state index in [4.69, 9.17) is 0 Å². The van der Waals surface area contributed by atoms with Gasteiger partial charge in [-0.25, -0.2) is 9.97 Å². The molecular weight excluding hydrogens is 214 g/mol. The number of rotatable bonds is 3. The molecule has 0 aliphatic rings. The number of hydrogen-bond acceptors (Lipinski definition) is 5. The molecule has 0 N–H and O–H groups in total. The summed E-state index contributed by atoms with van der Waals surface area (Å²) in [6.45, 7) is 3.96. The van der Waals surface area contributed by atoms with Crippen molar-refractivity contribution in [2.24, 2.45) is 0 Å². The van der Waals surface area contributed by atoms with Gasteiger partial charge in [-0.1, -0.05) is 0 Å². The Morgan fingerprint density at radius 3 is 2.71 bits per heavy atom. The van der Waals surface area contributed by atoms with E-state index in [1.54, 1.807) is 11.3 Å². The summed E-state index contributed by atoms with van der Waals surface area (Å²) in [6, 6.07) is 0. The SMILES string of the molecule is Cc1nsc(CCc2cnc(C)s2)n1. The van der Waals surface area contributed by atoms with Crippen molar-refractivity contribution in [2.45, 2.75) is 26.7 Å². The van der Waals surface area contributed by atoms with Crippen molar-refractivity contribution in [1.29, 1.82) is 0 Å². The topological polar surface area (TPSA) is 38.7 Å². The van der Waals surface area contributed by atoms with Gasteiger partial charge in [0.1, 0.15) is 10.8 Å². The number of aryl methyl sites for hydroxylation is 4. The Hall–Kier alpha value is -0.810. The third kappa shape index (κ3) is 2.36. The van der Waals surface area contributed by atoms with Crippen LogP contribution >= 0.6 is 22.9 Å². The lowest BCUT2D eigenvalue weighted by Gasteiger charge is -1.91. The predicted octanol–water partition coefficient (Wildman–Crippen LogP) is 2.40. The summed E-state index contributed by atoms with van der Waals surface area (Å²) in [5.41, 5.74) is 0. The molecule has 0 atom stereocenters. The van der Waals surface area contributed by atoms with Crippen molar-refractivity contribution in [2.75, 3.05) is 0 Å². The molecule has 0 saturated carbocycles. The molecule has 5 heteroatoms. The highest BCUT2D eigenvalue weighted by Gasteiger charge is 2.02. The van der Waals surface area contributed by atoms with E-state index in [-0.39, 0.29) is 0 Å². The minimum absolute atomic E-state index is 0.880. The van der Waals surface area contributed by atoms with Crippen molar-refractivity contribution in [1.82, 2.24) is 14.3 Å². The summed E-state index contributed by atoms with van der Waals surface area (Å²) in [5.74, 6) is 0.880. The number of hydrogen-bond donors (Lipinski definition) is 0. The van der Waals surface area contributed by atoms with Crippen LogP contribution in [0.25, 0.3) is 0 Å². The molecule has 0 radical (unpaired) electrons. The maximum atomic E-state index is 4.32. The summed E-state index contributed by atoms with van der Waals surface area (Å²) in [7, 11) is 0. The van der Waals surface area contributed by atoms with Crippen LogP contribution in [0.2, 0.25) is 0 Å². The van der Waals surface area contributed by atoms with Gasteiger partial charge in [-0.2, -0.15) is 4.37 Å². The molecular formula is C9H11N3S2. The van der Waals surface area contributed by atoms with Crippen LogP contribution in [0, 0.1) is 13.8 Å². The Balaban J connectivity index is 1.94. The lowest BCUT2D eigenvalue weighted by Crippen LogP contribution is -1.87. The van der Waals surface area contributed by atoms with Gasteiger partial charge >= 0.3 is 0 Å². The normalized spacial score (nSPS) is 10.7. The van der Waals surface area contributed by atoms with Crippen LogP contribution in [0.4, 0.5) is 0 Å². The first-order chi connectivity index (χ1) is 6.74. The van der Waals surface area contributed by atoms with Crippen molar-refractivity contribution in [3.8, 4) is 0 Å². The van der Waals surface area contributed by atoms with E-state index < -0.39 is 0 Å². The van der Waals surface area contributed by atoms with Crippen LogP contribution < -0.4 is 0 Å². The van der Waals surface area contributed by atoms with E-state index in [0.717, 1.165) is 28.7 Å². The van der Waals surface area contributed by atoms with Crippen molar-refractivity contribution >= 4 is 22.9 Å². The molecule has 2 aromatic heterocycles. The fourth-order valence-electron chi connectivity index (χ4n) is 1.19. The molecule has 0 amide bonds. The molecule has 0 spiro atoms. The fraction of sp³-hybridized carbons (Fsp3) is 0.444. The fourth-order valence-corrected chi connectivity index (χ4v) is 2.63. The Bertz CT molecular complexity index is 379.